The molecule has 2 aromatic heterocycles. The van der Waals surface area contributed by atoms with Crippen molar-refractivity contribution in [3.63, 3.8) is 0 Å². The molecule has 0 spiro atoms. The van der Waals surface area contributed by atoms with Crippen LogP contribution in [0.1, 0.15) is 18.5 Å². The van der Waals surface area contributed by atoms with Crippen molar-refractivity contribution in [2.24, 2.45) is 0 Å². The molecule has 2 N–H and O–H groups in total. The lowest BCUT2D eigenvalue weighted by Crippen LogP contribution is -2.42. The SMILES string of the molecule is c1cnc(N2CCC(NCc3cnc[nH]3)CC2)nc1. The van der Waals surface area contributed by atoms with E-state index in [0.717, 1.165) is 44.1 Å². The maximum atomic E-state index is 4.30. The van der Waals surface area contributed by atoms with E-state index in [4.69, 9.17) is 0 Å². The Morgan fingerprint density at radius 2 is 2.05 bits per heavy atom. The third-order valence-corrected chi connectivity index (χ3v) is 3.47. The first-order chi connectivity index (χ1) is 9.42. The van der Waals surface area contributed by atoms with Gasteiger partial charge in [0.1, 0.15) is 0 Å². The summed E-state index contributed by atoms with van der Waals surface area (Å²) < 4.78 is 0. The van der Waals surface area contributed by atoms with Gasteiger partial charge in [-0.15, -0.1) is 0 Å². The molecular weight excluding hydrogens is 240 g/mol. The van der Waals surface area contributed by atoms with Crippen LogP contribution in [0.3, 0.4) is 0 Å². The van der Waals surface area contributed by atoms with Crippen molar-refractivity contribution >= 4 is 5.95 Å². The van der Waals surface area contributed by atoms with Crippen LogP contribution < -0.4 is 10.2 Å². The van der Waals surface area contributed by atoms with Crippen molar-refractivity contribution in [2.45, 2.75) is 25.4 Å². The second kappa shape index (κ2) is 5.79. The van der Waals surface area contributed by atoms with Crippen molar-refractivity contribution in [1.29, 1.82) is 0 Å². The molecule has 6 heteroatoms. The topological polar surface area (TPSA) is 69.7 Å². The lowest BCUT2D eigenvalue weighted by Gasteiger charge is -2.32. The molecule has 0 amide bonds. The van der Waals surface area contributed by atoms with E-state index in [2.05, 4.69) is 30.2 Å². The van der Waals surface area contributed by atoms with E-state index in [1.54, 1.807) is 18.7 Å². The number of aromatic amines is 1. The third kappa shape index (κ3) is 3.08. The molecule has 3 rings (SSSR count). The molecular formula is C13H18N6. The predicted molar refractivity (Wildman–Crippen MR) is 72.7 cm³/mol. The molecule has 0 atom stereocenters. The molecule has 1 saturated heterocycles. The summed E-state index contributed by atoms with van der Waals surface area (Å²) in [5.74, 6) is 0.842. The van der Waals surface area contributed by atoms with Crippen molar-refractivity contribution < 1.29 is 0 Å². The average Bonchev–Trinajstić information content (AvgIpc) is 3.00. The molecule has 1 fully saturated rings. The van der Waals surface area contributed by atoms with Crippen molar-refractivity contribution in [3.8, 4) is 0 Å². The van der Waals surface area contributed by atoms with Gasteiger partial charge >= 0.3 is 0 Å². The van der Waals surface area contributed by atoms with E-state index in [1.165, 1.54) is 0 Å². The van der Waals surface area contributed by atoms with Crippen LogP contribution in [0.4, 0.5) is 5.95 Å². The number of piperidine rings is 1. The molecule has 0 radical (unpaired) electrons. The summed E-state index contributed by atoms with van der Waals surface area (Å²) in [6.07, 6.45) is 9.40. The Hall–Kier alpha value is -1.95. The van der Waals surface area contributed by atoms with Crippen molar-refractivity contribution in [2.75, 3.05) is 18.0 Å². The highest BCUT2D eigenvalue weighted by Gasteiger charge is 2.20. The van der Waals surface area contributed by atoms with Crippen LogP contribution in [0.25, 0.3) is 0 Å². The third-order valence-electron chi connectivity index (χ3n) is 3.47. The highest BCUT2D eigenvalue weighted by molar-refractivity contribution is 5.29. The minimum atomic E-state index is 0.559. The smallest absolute Gasteiger partial charge is 0.225 e. The minimum absolute atomic E-state index is 0.559. The van der Waals surface area contributed by atoms with Crippen LogP contribution in [0.15, 0.2) is 31.0 Å². The summed E-state index contributed by atoms with van der Waals surface area (Å²) in [5, 5.41) is 3.56. The molecule has 3 heterocycles. The van der Waals surface area contributed by atoms with E-state index < -0.39 is 0 Å². The van der Waals surface area contributed by atoms with Gasteiger partial charge in [0.05, 0.1) is 6.33 Å². The number of aromatic nitrogens is 4. The molecule has 100 valence electrons. The maximum Gasteiger partial charge on any atom is 0.225 e. The molecule has 0 unspecified atom stereocenters. The van der Waals surface area contributed by atoms with Gasteiger partial charge in [-0.25, -0.2) is 15.0 Å². The minimum Gasteiger partial charge on any atom is -0.347 e. The number of rotatable bonds is 4. The van der Waals surface area contributed by atoms with Gasteiger partial charge in [0, 0.05) is 50.0 Å². The quantitative estimate of drug-likeness (QED) is 0.854. The lowest BCUT2D eigenvalue weighted by molar-refractivity contribution is 0.409. The van der Waals surface area contributed by atoms with Crippen LogP contribution in [0.5, 0.6) is 0 Å². The Morgan fingerprint density at radius 1 is 1.26 bits per heavy atom. The molecule has 1 aliphatic rings. The van der Waals surface area contributed by atoms with E-state index >= 15 is 0 Å². The van der Waals surface area contributed by atoms with Gasteiger partial charge in [-0.3, -0.25) is 0 Å². The van der Waals surface area contributed by atoms with Gasteiger partial charge in [-0.1, -0.05) is 0 Å². The van der Waals surface area contributed by atoms with Crippen molar-refractivity contribution in [1.82, 2.24) is 25.3 Å². The standard InChI is InChI=1S/C13H18N6/c1-4-15-13(16-5-1)19-6-2-11(3-7-19)17-9-12-8-14-10-18-12/h1,4-5,8,10-11,17H,2-3,6-7,9H2,(H,14,18). The summed E-state index contributed by atoms with van der Waals surface area (Å²) in [6, 6.07) is 2.41. The first kappa shape index (κ1) is 12.1. The normalized spacial score (nSPS) is 16.7. The summed E-state index contributed by atoms with van der Waals surface area (Å²) in [5.41, 5.74) is 1.13. The van der Waals surface area contributed by atoms with Gasteiger partial charge in [0.25, 0.3) is 0 Å². The number of imidazole rings is 1. The number of nitrogens with one attached hydrogen (secondary N) is 2. The van der Waals surface area contributed by atoms with E-state index in [-0.39, 0.29) is 0 Å². The number of anilines is 1. The summed E-state index contributed by atoms with van der Waals surface area (Å²) in [7, 11) is 0. The number of nitrogens with zero attached hydrogens (tertiary/aromatic N) is 4. The molecule has 19 heavy (non-hydrogen) atoms. The Balaban J connectivity index is 1.47. The molecule has 0 bridgehead atoms. The van der Waals surface area contributed by atoms with E-state index in [1.807, 2.05) is 12.3 Å². The van der Waals surface area contributed by atoms with Crippen LogP contribution >= 0.6 is 0 Å². The van der Waals surface area contributed by atoms with Gasteiger partial charge in [-0.05, 0) is 18.9 Å². The van der Waals surface area contributed by atoms with Crippen LogP contribution in [-0.2, 0) is 6.54 Å². The molecule has 0 aliphatic carbocycles. The fraction of sp³-hybridized carbons (Fsp3) is 0.462. The van der Waals surface area contributed by atoms with E-state index in [9.17, 15) is 0 Å². The zero-order valence-electron chi connectivity index (χ0n) is 10.8. The first-order valence-electron chi connectivity index (χ1n) is 6.64. The zero-order chi connectivity index (χ0) is 12.9. The average molecular weight is 258 g/mol. The van der Waals surface area contributed by atoms with Crippen molar-refractivity contribution in [3.05, 3.63) is 36.7 Å². The van der Waals surface area contributed by atoms with Crippen LogP contribution in [0.2, 0.25) is 0 Å². The largest absolute Gasteiger partial charge is 0.347 e. The summed E-state index contributed by atoms with van der Waals surface area (Å²) in [4.78, 5) is 18.0. The fourth-order valence-corrected chi connectivity index (χ4v) is 2.37. The first-order valence-corrected chi connectivity index (χ1v) is 6.64. The predicted octanol–water partition coefficient (Wildman–Crippen LogP) is 0.958. The number of H-pyrrole nitrogens is 1. The van der Waals surface area contributed by atoms with Gasteiger partial charge < -0.3 is 15.2 Å². The maximum absolute atomic E-state index is 4.30. The van der Waals surface area contributed by atoms with Gasteiger partial charge in [0.2, 0.25) is 5.95 Å². The Morgan fingerprint density at radius 3 is 2.74 bits per heavy atom. The molecule has 1 aliphatic heterocycles. The van der Waals surface area contributed by atoms with Crippen LogP contribution in [0, 0.1) is 0 Å². The second-order valence-electron chi connectivity index (χ2n) is 4.77. The van der Waals surface area contributed by atoms with Gasteiger partial charge in [-0.2, -0.15) is 0 Å². The molecule has 0 saturated carbocycles. The monoisotopic (exact) mass is 258 g/mol. The van der Waals surface area contributed by atoms with E-state index in [0.29, 0.717) is 6.04 Å². The Bertz CT molecular complexity index is 475. The fourth-order valence-electron chi connectivity index (χ4n) is 2.37. The number of hydrogen-bond acceptors (Lipinski definition) is 5. The zero-order valence-corrected chi connectivity index (χ0v) is 10.8. The van der Waals surface area contributed by atoms with Crippen LogP contribution in [-0.4, -0.2) is 39.1 Å². The Labute approximate surface area is 112 Å². The summed E-state index contributed by atoms with van der Waals surface area (Å²) in [6.45, 7) is 2.86. The second-order valence-corrected chi connectivity index (χ2v) is 4.77. The lowest BCUT2D eigenvalue weighted by atomic mass is 10.1. The molecule has 2 aromatic rings. The van der Waals surface area contributed by atoms with Gasteiger partial charge in [0.15, 0.2) is 0 Å². The summed E-state index contributed by atoms with van der Waals surface area (Å²) >= 11 is 0. The highest BCUT2D eigenvalue weighted by atomic mass is 15.3. The molecule has 0 aromatic carbocycles. The highest BCUT2D eigenvalue weighted by Crippen LogP contribution is 2.15. The molecule has 6 nitrogen and oxygen atoms in total. The number of hydrogen-bond donors (Lipinski definition) is 2. The Kier molecular flexibility index (Phi) is 3.69.